The van der Waals surface area contributed by atoms with Crippen LogP contribution in [0.15, 0.2) is 134 Å². The molecule has 0 fully saturated rings. The smallest absolute Gasteiger partial charge is 0.306 e. The van der Waals surface area contributed by atoms with Crippen molar-refractivity contribution in [2.75, 3.05) is 41.0 Å². The maximum Gasteiger partial charge on any atom is 0.306 e. The predicted molar refractivity (Wildman–Crippen MR) is 249 cm³/mol. The molecule has 0 aliphatic carbocycles. The third-order valence-electron chi connectivity index (χ3n) is 8.97. The lowest BCUT2D eigenvalue weighted by atomic mass is 10.1. The molecule has 0 heterocycles. The molecule has 0 bridgehead atoms. The molecule has 0 radical (unpaired) electrons. The van der Waals surface area contributed by atoms with E-state index in [4.69, 9.17) is 14.2 Å². The number of allylic oxidation sites excluding steroid dienone is 22. The van der Waals surface area contributed by atoms with Crippen LogP contribution in [-0.2, 0) is 28.6 Å². The van der Waals surface area contributed by atoms with Crippen LogP contribution >= 0.6 is 0 Å². The van der Waals surface area contributed by atoms with E-state index in [9.17, 15) is 19.5 Å². The van der Waals surface area contributed by atoms with Crippen molar-refractivity contribution in [1.29, 1.82) is 0 Å². The molecule has 0 aromatic carbocycles. The number of quaternary nitrogens is 1. The molecule has 0 aliphatic rings. The summed E-state index contributed by atoms with van der Waals surface area (Å²) in [6.45, 7) is 4.34. The summed E-state index contributed by atoms with van der Waals surface area (Å²) < 4.78 is 17.1. The second-order valence-electron chi connectivity index (χ2n) is 15.4. The second kappa shape index (κ2) is 41.2. The largest absolute Gasteiger partial charge is 0.544 e. The Morgan fingerprint density at radius 3 is 1.55 bits per heavy atom. The van der Waals surface area contributed by atoms with Gasteiger partial charge in [-0.05, 0) is 70.6 Å². The molecule has 2 atom stereocenters. The van der Waals surface area contributed by atoms with Gasteiger partial charge in [0, 0.05) is 19.3 Å². The average Bonchev–Trinajstić information content (AvgIpc) is 3.21. The summed E-state index contributed by atoms with van der Waals surface area (Å²) in [4.78, 5) is 36.9. The van der Waals surface area contributed by atoms with Gasteiger partial charge in [-0.3, -0.25) is 9.59 Å². The van der Waals surface area contributed by atoms with Crippen LogP contribution in [0.3, 0.4) is 0 Å². The van der Waals surface area contributed by atoms with E-state index in [0.717, 1.165) is 51.4 Å². The Morgan fingerprint density at radius 2 is 1.02 bits per heavy atom. The number of carbonyl (C=O) groups excluding carboxylic acids is 3. The molecular weight excluding hydrogens is 751 g/mol. The Kier molecular flexibility index (Phi) is 38.1. The highest BCUT2D eigenvalue weighted by Gasteiger charge is 2.25. The summed E-state index contributed by atoms with van der Waals surface area (Å²) in [6, 6.07) is -0.752. The molecule has 0 rings (SSSR count). The minimum atomic E-state index is -1.15. The number of nitrogens with zero attached hydrogens (tertiary/aromatic N) is 1. The van der Waals surface area contributed by atoms with Gasteiger partial charge < -0.3 is 28.6 Å². The lowest BCUT2D eigenvalue weighted by Crippen LogP contribution is -2.55. The van der Waals surface area contributed by atoms with Gasteiger partial charge in [0.25, 0.3) is 0 Å². The van der Waals surface area contributed by atoms with Gasteiger partial charge >= 0.3 is 11.9 Å². The maximum atomic E-state index is 12.7. The zero-order chi connectivity index (χ0) is 44.2. The molecule has 2 unspecified atom stereocenters. The van der Waals surface area contributed by atoms with E-state index in [2.05, 4.69) is 74.6 Å². The van der Waals surface area contributed by atoms with Gasteiger partial charge in [0.2, 0.25) is 0 Å². The summed E-state index contributed by atoms with van der Waals surface area (Å²) >= 11 is 0. The molecule has 0 aromatic heterocycles. The van der Waals surface area contributed by atoms with Crippen molar-refractivity contribution in [3.63, 3.8) is 0 Å². The quantitative estimate of drug-likeness (QED) is 0.0202. The minimum absolute atomic E-state index is 0.00617. The molecule has 60 heavy (non-hydrogen) atoms. The van der Waals surface area contributed by atoms with E-state index in [-0.39, 0.29) is 55.5 Å². The number of likely N-dealkylation sites (N-methyl/N-ethyl adjacent to an activating group) is 1. The fourth-order valence-electron chi connectivity index (χ4n) is 5.51. The molecule has 0 spiro atoms. The van der Waals surface area contributed by atoms with Crippen molar-refractivity contribution in [2.24, 2.45) is 0 Å². The number of carboxylic acid groups (broad SMARTS) is 1. The molecule has 0 amide bonds. The molecule has 8 heteroatoms. The topological polar surface area (TPSA) is 102 Å². The highest BCUT2D eigenvalue weighted by Crippen LogP contribution is 2.11. The van der Waals surface area contributed by atoms with Crippen LogP contribution in [0.5, 0.6) is 0 Å². The van der Waals surface area contributed by atoms with Gasteiger partial charge in [-0.25, -0.2) is 0 Å². The number of ether oxygens (including phenoxy) is 3. The third-order valence-corrected chi connectivity index (χ3v) is 8.97. The lowest BCUT2D eigenvalue weighted by Gasteiger charge is -2.34. The van der Waals surface area contributed by atoms with E-state index in [1.54, 1.807) is 21.1 Å². The number of aliphatic carboxylic acids is 1. The zero-order valence-electron chi connectivity index (χ0n) is 37.8. The summed E-state index contributed by atoms with van der Waals surface area (Å²) in [5.41, 5.74) is 0. The van der Waals surface area contributed by atoms with Crippen LogP contribution in [0, 0.1) is 0 Å². The number of hydrogen-bond acceptors (Lipinski definition) is 7. The normalized spacial score (nSPS) is 14.2. The summed E-state index contributed by atoms with van der Waals surface area (Å²) in [7, 11) is 5.35. The molecule has 0 saturated heterocycles. The van der Waals surface area contributed by atoms with Gasteiger partial charge in [-0.1, -0.05) is 167 Å². The molecule has 8 nitrogen and oxygen atoms in total. The SMILES string of the molecule is CC/C=C/C=C/C=C/C=C/C=C/C=C/C=C/CCCCCC(=O)OC(COCCC(C(=O)[O-])[N+](C)(C)C)COC(=O)CCC/C=C/C/C=C/C/C=C/C/C=C/CCCCC. The first-order valence-corrected chi connectivity index (χ1v) is 22.3. The third kappa shape index (κ3) is 39.0. The Balaban J connectivity index is 4.59. The highest BCUT2D eigenvalue weighted by molar-refractivity contribution is 5.70. The van der Waals surface area contributed by atoms with Crippen LogP contribution in [0.25, 0.3) is 0 Å². The number of esters is 2. The van der Waals surface area contributed by atoms with Crippen molar-refractivity contribution in [2.45, 2.75) is 135 Å². The van der Waals surface area contributed by atoms with Gasteiger partial charge in [0.15, 0.2) is 6.10 Å². The molecular formula is C52H79NO7. The predicted octanol–water partition coefficient (Wildman–Crippen LogP) is 11.1. The summed E-state index contributed by atoms with van der Waals surface area (Å²) in [5.74, 6) is -1.89. The van der Waals surface area contributed by atoms with E-state index in [1.165, 1.54) is 25.7 Å². The summed E-state index contributed by atoms with van der Waals surface area (Å²) in [6.07, 6.45) is 59.1. The summed E-state index contributed by atoms with van der Waals surface area (Å²) in [5, 5.41) is 11.6. The lowest BCUT2D eigenvalue weighted by molar-refractivity contribution is -0.889. The van der Waals surface area contributed by atoms with E-state index in [1.807, 2.05) is 72.9 Å². The molecule has 0 aromatic rings. The van der Waals surface area contributed by atoms with Crippen molar-refractivity contribution in [3.05, 3.63) is 134 Å². The number of unbranched alkanes of at least 4 members (excludes halogenated alkanes) is 7. The first kappa shape index (κ1) is 55.5. The van der Waals surface area contributed by atoms with Crippen LogP contribution in [-0.4, -0.2) is 75.5 Å². The van der Waals surface area contributed by atoms with E-state index in [0.29, 0.717) is 12.8 Å². The van der Waals surface area contributed by atoms with Crippen LogP contribution < -0.4 is 5.11 Å². The van der Waals surface area contributed by atoms with E-state index >= 15 is 0 Å². The van der Waals surface area contributed by atoms with Crippen molar-refractivity contribution in [3.8, 4) is 0 Å². The number of rotatable bonds is 37. The fourth-order valence-corrected chi connectivity index (χ4v) is 5.51. The van der Waals surface area contributed by atoms with Gasteiger partial charge in [0.1, 0.15) is 12.6 Å². The fraction of sp³-hybridized carbons (Fsp3) is 0.519. The molecule has 0 aliphatic heterocycles. The minimum Gasteiger partial charge on any atom is -0.544 e. The van der Waals surface area contributed by atoms with Gasteiger partial charge in [-0.2, -0.15) is 0 Å². The zero-order valence-corrected chi connectivity index (χ0v) is 37.8. The van der Waals surface area contributed by atoms with Crippen molar-refractivity contribution < 1.29 is 38.2 Å². The van der Waals surface area contributed by atoms with Gasteiger partial charge in [-0.15, -0.1) is 0 Å². The number of carbonyl (C=O) groups is 3. The molecule has 0 N–H and O–H groups in total. The Morgan fingerprint density at radius 1 is 0.533 bits per heavy atom. The first-order valence-electron chi connectivity index (χ1n) is 22.3. The monoisotopic (exact) mass is 830 g/mol. The average molecular weight is 830 g/mol. The Bertz CT molecular complexity index is 1430. The second-order valence-corrected chi connectivity index (χ2v) is 15.4. The van der Waals surface area contributed by atoms with Crippen molar-refractivity contribution >= 4 is 17.9 Å². The Labute approximate surface area is 364 Å². The molecule has 0 saturated carbocycles. The molecule has 334 valence electrons. The van der Waals surface area contributed by atoms with Crippen LogP contribution in [0.1, 0.15) is 123 Å². The number of carboxylic acids is 1. The first-order chi connectivity index (χ1) is 29.1. The maximum absolute atomic E-state index is 12.7. The van der Waals surface area contributed by atoms with Crippen molar-refractivity contribution in [1.82, 2.24) is 0 Å². The van der Waals surface area contributed by atoms with E-state index < -0.39 is 18.1 Å². The van der Waals surface area contributed by atoms with Gasteiger partial charge in [0.05, 0.1) is 40.3 Å². The standard InChI is InChI=1S/C52H79NO7/c1-6-8-10-12-14-16-18-20-22-24-25-27-29-31-33-35-37-39-41-43-51(55)60-48(46-58-45-44-49(52(56)57)53(3,4)5)47-59-50(54)42-40-38-36-34-32-30-28-26-23-21-19-17-15-13-11-9-7-2/h8,10,12,14-18,20-25,27-31,33-34,36,48-49H,6-7,9,11,13,19,26,32,35,37-47H2,1-5H3/b10-8+,14-12+,17-15+,18-16+,22-20+,23-21+,25-24+,29-27+,30-28+,33-31+,36-34+. The number of hydrogen-bond donors (Lipinski definition) is 0. The highest BCUT2D eigenvalue weighted by atomic mass is 16.6. The Hall–Kier alpha value is -4.53. The van der Waals surface area contributed by atoms with Crippen LogP contribution in [0.4, 0.5) is 0 Å². The van der Waals surface area contributed by atoms with Crippen LogP contribution in [0.2, 0.25) is 0 Å².